The third-order valence-electron chi connectivity index (χ3n) is 4.70. The molecule has 1 aromatic carbocycles. The van der Waals surface area contributed by atoms with E-state index in [9.17, 15) is 14.7 Å². The summed E-state index contributed by atoms with van der Waals surface area (Å²) in [5, 5.41) is 9.42. The molecule has 1 aliphatic rings. The minimum absolute atomic E-state index is 0.0246. The Morgan fingerprint density at radius 3 is 2.81 bits per heavy atom. The van der Waals surface area contributed by atoms with E-state index in [1.807, 2.05) is 19.9 Å². The maximum absolute atomic E-state index is 12.5. The van der Waals surface area contributed by atoms with Crippen molar-refractivity contribution in [1.82, 2.24) is 4.57 Å². The number of aryl methyl sites for hydroxylation is 1. The Labute approximate surface area is 152 Å². The van der Waals surface area contributed by atoms with E-state index < -0.39 is 5.97 Å². The monoisotopic (exact) mass is 357 g/mol. The highest BCUT2D eigenvalue weighted by atomic mass is 16.5. The maximum atomic E-state index is 12.5. The second-order valence-electron chi connectivity index (χ2n) is 6.58. The van der Waals surface area contributed by atoms with Crippen LogP contribution in [0.4, 0.5) is 0 Å². The van der Waals surface area contributed by atoms with E-state index in [1.54, 1.807) is 6.07 Å². The van der Waals surface area contributed by atoms with Crippen LogP contribution in [-0.4, -0.2) is 40.7 Å². The van der Waals surface area contributed by atoms with Gasteiger partial charge in [0.15, 0.2) is 6.61 Å². The standard InChI is InChI=1S/C20H23NO5/c1-13-9-18(14(2)21(13)11-17-7-4-8-25-17)19(23)12-26-20(24)15-5-3-6-16(22)10-15/h3,5-6,9-10,17,22H,4,7-8,11-12H2,1-2H3/t17-/m0/s1. The highest BCUT2D eigenvalue weighted by Crippen LogP contribution is 2.21. The molecule has 1 aliphatic heterocycles. The molecule has 138 valence electrons. The van der Waals surface area contributed by atoms with Crippen LogP contribution in [0.5, 0.6) is 5.75 Å². The second kappa shape index (κ2) is 7.74. The second-order valence-corrected chi connectivity index (χ2v) is 6.58. The summed E-state index contributed by atoms with van der Waals surface area (Å²) in [5.41, 5.74) is 2.61. The molecule has 0 spiro atoms. The van der Waals surface area contributed by atoms with E-state index in [1.165, 1.54) is 18.2 Å². The molecule has 1 saturated heterocycles. The minimum Gasteiger partial charge on any atom is -0.508 e. The van der Waals surface area contributed by atoms with Gasteiger partial charge >= 0.3 is 5.97 Å². The van der Waals surface area contributed by atoms with E-state index in [2.05, 4.69) is 4.57 Å². The van der Waals surface area contributed by atoms with Crippen molar-refractivity contribution in [2.24, 2.45) is 0 Å². The van der Waals surface area contributed by atoms with Gasteiger partial charge < -0.3 is 19.1 Å². The summed E-state index contributed by atoms with van der Waals surface area (Å²) in [6, 6.07) is 7.67. The first-order valence-corrected chi connectivity index (χ1v) is 8.73. The number of nitrogens with zero attached hydrogens (tertiary/aromatic N) is 1. The normalized spacial score (nSPS) is 16.6. The fourth-order valence-electron chi connectivity index (χ4n) is 3.28. The number of phenols is 1. The summed E-state index contributed by atoms with van der Waals surface area (Å²) in [6.45, 7) is 5.04. The van der Waals surface area contributed by atoms with Gasteiger partial charge in [-0.15, -0.1) is 0 Å². The van der Waals surface area contributed by atoms with Gasteiger partial charge in [-0.25, -0.2) is 4.79 Å². The largest absolute Gasteiger partial charge is 0.508 e. The van der Waals surface area contributed by atoms with Gasteiger partial charge in [-0.05, 0) is 51.0 Å². The molecule has 2 aromatic rings. The fourth-order valence-corrected chi connectivity index (χ4v) is 3.28. The number of carbonyl (C=O) groups is 2. The molecule has 0 bridgehead atoms. The number of aromatic nitrogens is 1. The third kappa shape index (κ3) is 3.96. The molecule has 6 nitrogen and oxygen atoms in total. The van der Waals surface area contributed by atoms with Gasteiger partial charge in [0.25, 0.3) is 0 Å². The molecule has 1 atom stereocenters. The number of aromatic hydroxyl groups is 1. The number of rotatable bonds is 6. The van der Waals surface area contributed by atoms with Crippen LogP contribution >= 0.6 is 0 Å². The summed E-state index contributed by atoms with van der Waals surface area (Å²) in [5.74, 6) is -0.906. The van der Waals surface area contributed by atoms with Crippen molar-refractivity contribution in [3.05, 3.63) is 52.8 Å². The van der Waals surface area contributed by atoms with Crippen LogP contribution in [0, 0.1) is 13.8 Å². The number of hydrogen-bond acceptors (Lipinski definition) is 5. The maximum Gasteiger partial charge on any atom is 0.338 e. The van der Waals surface area contributed by atoms with Crippen LogP contribution in [0.25, 0.3) is 0 Å². The highest BCUT2D eigenvalue weighted by Gasteiger charge is 2.21. The molecule has 0 aliphatic carbocycles. The number of benzene rings is 1. The van der Waals surface area contributed by atoms with Crippen LogP contribution in [0.1, 0.15) is 44.9 Å². The van der Waals surface area contributed by atoms with Gasteiger partial charge in [0, 0.05) is 30.1 Å². The van der Waals surface area contributed by atoms with Crippen molar-refractivity contribution in [3.63, 3.8) is 0 Å². The zero-order valence-corrected chi connectivity index (χ0v) is 15.0. The van der Waals surface area contributed by atoms with E-state index in [0.29, 0.717) is 5.56 Å². The molecule has 0 saturated carbocycles. The predicted octanol–water partition coefficient (Wildman–Crippen LogP) is 3.03. The summed E-state index contributed by atoms with van der Waals surface area (Å²) in [6.07, 6.45) is 2.29. The van der Waals surface area contributed by atoms with Gasteiger partial charge in [0.05, 0.1) is 11.7 Å². The van der Waals surface area contributed by atoms with E-state index >= 15 is 0 Å². The quantitative estimate of drug-likeness (QED) is 0.635. The number of Topliss-reactive ketones (excluding diaryl/α,β-unsaturated/α-hetero) is 1. The first-order chi connectivity index (χ1) is 12.5. The summed E-state index contributed by atoms with van der Waals surface area (Å²) in [4.78, 5) is 24.5. The van der Waals surface area contributed by atoms with Crippen LogP contribution in [0.3, 0.4) is 0 Å². The van der Waals surface area contributed by atoms with E-state index in [-0.39, 0.29) is 29.8 Å². The number of phenolic OH excluding ortho intramolecular Hbond substituents is 1. The van der Waals surface area contributed by atoms with Gasteiger partial charge in [0.1, 0.15) is 5.75 Å². The van der Waals surface area contributed by atoms with Crippen molar-refractivity contribution < 1.29 is 24.2 Å². The van der Waals surface area contributed by atoms with Gasteiger partial charge in [-0.3, -0.25) is 4.79 Å². The topological polar surface area (TPSA) is 77.8 Å². The first kappa shape index (κ1) is 18.2. The molecule has 0 amide bonds. The number of ether oxygens (including phenoxy) is 2. The molecule has 6 heteroatoms. The van der Waals surface area contributed by atoms with Gasteiger partial charge in [0.2, 0.25) is 5.78 Å². The molecule has 1 aromatic heterocycles. The predicted molar refractivity (Wildman–Crippen MR) is 95.6 cm³/mol. The fraction of sp³-hybridized carbons (Fsp3) is 0.400. The number of hydrogen-bond donors (Lipinski definition) is 1. The molecule has 0 radical (unpaired) electrons. The molecule has 26 heavy (non-hydrogen) atoms. The molecule has 1 N–H and O–H groups in total. The van der Waals surface area contributed by atoms with Crippen molar-refractivity contribution in [3.8, 4) is 5.75 Å². The Balaban J connectivity index is 1.65. The van der Waals surface area contributed by atoms with Crippen LogP contribution < -0.4 is 0 Å². The molecule has 1 fully saturated rings. The zero-order valence-electron chi connectivity index (χ0n) is 15.0. The zero-order chi connectivity index (χ0) is 18.7. The Bertz CT molecular complexity index is 818. The van der Waals surface area contributed by atoms with Crippen LogP contribution in [0.15, 0.2) is 30.3 Å². The molecular formula is C20H23NO5. The average Bonchev–Trinajstić information content (AvgIpc) is 3.23. The Morgan fingerprint density at radius 2 is 2.12 bits per heavy atom. The lowest BCUT2D eigenvalue weighted by atomic mass is 10.1. The van der Waals surface area contributed by atoms with Crippen LogP contribution in [-0.2, 0) is 16.0 Å². The van der Waals surface area contributed by atoms with Crippen molar-refractivity contribution in [2.75, 3.05) is 13.2 Å². The van der Waals surface area contributed by atoms with Crippen molar-refractivity contribution >= 4 is 11.8 Å². The summed E-state index contributed by atoms with van der Waals surface area (Å²) >= 11 is 0. The molecule has 2 heterocycles. The van der Waals surface area contributed by atoms with Crippen molar-refractivity contribution in [2.45, 2.75) is 39.3 Å². The summed E-state index contributed by atoms with van der Waals surface area (Å²) < 4.78 is 12.9. The number of ketones is 1. The SMILES string of the molecule is Cc1cc(C(=O)COC(=O)c2cccc(O)c2)c(C)n1C[C@@H]1CCCO1. The minimum atomic E-state index is -0.637. The van der Waals surface area contributed by atoms with Crippen LogP contribution in [0.2, 0.25) is 0 Å². The Morgan fingerprint density at radius 1 is 1.31 bits per heavy atom. The highest BCUT2D eigenvalue weighted by molar-refractivity contribution is 6.00. The third-order valence-corrected chi connectivity index (χ3v) is 4.70. The number of esters is 1. The van der Waals surface area contributed by atoms with E-state index in [4.69, 9.17) is 9.47 Å². The lowest BCUT2D eigenvalue weighted by molar-refractivity contribution is 0.0474. The average molecular weight is 357 g/mol. The Hall–Kier alpha value is -2.60. The first-order valence-electron chi connectivity index (χ1n) is 8.73. The molecular weight excluding hydrogens is 334 g/mol. The lowest BCUT2D eigenvalue weighted by Crippen LogP contribution is -2.18. The smallest absolute Gasteiger partial charge is 0.338 e. The Kier molecular flexibility index (Phi) is 5.42. The summed E-state index contributed by atoms with van der Waals surface area (Å²) in [7, 11) is 0. The molecule has 3 rings (SSSR count). The van der Waals surface area contributed by atoms with E-state index in [0.717, 1.165) is 37.4 Å². The van der Waals surface area contributed by atoms with Gasteiger partial charge in [-0.1, -0.05) is 6.07 Å². The number of carbonyl (C=O) groups excluding carboxylic acids is 2. The lowest BCUT2D eigenvalue weighted by Gasteiger charge is -2.14. The molecule has 0 unspecified atom stereocenters. The van der Waals surface area contributed by atoms with Gasteiger partial charge in [-0.2, -0.15) is 0 Å². The van der Waals surface area contributed by atoms with Crippen molar-refractivity contribution in [1.29, 1.82) is 0 Å².